The van der Waals surface area contributed by atoms with Crippen LogP contribution in [0.1, 0.15) is 51.5 Å². The number of aromatic nitrogens is 2. The van der Waals surface area contributed by atoms with Crippen molar-refractivity contribution in [1.29, 1.82) is 0 Å². The molecular weight excluding hydrogens is 424 g/mol. The number of amides is 1. The van der Waals surface area contributed by atoms with E-state index in [1.54, 1.807) is 24.3 Å². The summed E-state index contributed by atoms with van der Waals surface area (Å²) < 4.78 is 26.6. The molecule has 0 bridgehead atoms. The lowest BCUT2D eigenvalue weighted by molar-refractivity contribution is -0.122. The van der Waals surface area contributed by atoms with E-state index in [0.717, 1.165) is 22.4 Å². The summed E-state index contributed by atoms with van der Waals surface area (Å²) in [7, 11) is -3.47. The molecule has 3 aromatic rings. The van der Waals surface area contributed by atoms with Crippen LogP contribution in [0.5, 0.6) is 0 Å². The zero-order chi connectivity index (χ0) is 23.3. The second kappa shape index (κ2) is 10.3. The quantitative estimate of drug-likeness (QED) is 0.481. The number of benzene rings is 2. The van der Waals surface area contributed by atoms with Gasteiger partial charge in [0.15, 0.2) is 0 Å². The van der Waals surface area contributed by atoms with Gasteiger partial charge in [-0.15, -0.1) is 0 Å². The Bertz CT molecular complexity index is 1120. The first-order valence-electron chi connectivity index (χ1n) is 11.1. The van der Waals surface area contributed by atoms with Crippen molar-refractivity contribution in [2.45, 2.75) is 51.5 Å². The second-order valence-corrected chi connectivity index (χ2v) is 10.1. The van der Waals surface area contributed by atoms with Crippen LogP contribution in [0.25, 0.3) is 11.0 Å². The smallest absolute Gasteiger partial charge is 0.243 e. The van der Waals surface area contributed by atoms with Gasteiger partial charge in [-0.25, -0.2) is 13.4 Å². The third kappa shape index (κ3) is 5.37. The zero-order valence-electron chi connectivity index (χ0n) is 19.1. The number of imidazole rings is 1. The third-order valence-electron chi connectivity index (χ3n) is 5.59. The average molecular weight is 457 g/mol. The first kappa shape index (κ1) is 23.9. The van der Waals surface area contributed by atoms with Crippen LogP contribution in [0.2, 0.25) is 0 Å². The van der Waals surface area contributed by atoms with E-state index in [2.05, 4.69) is 15.3 Å². The molecule has 0 aliphatic heterocycles. The van der Waals surface area contributed by atoms with Gasteiger partial charge in [0.1, 0.15) is 5.82 Å². The van der Waals surface area contributed by atoms with Crippen molar-refractivity contribution >= 4 is 27.0 Å². The number of nitrogens with zero attached hydrogens (tertiary/aromatic N) is 2. The summed E-state index contributed by atoms with van der Waals surface area (Å²) in [5, 5.41) is 3.09. The fourth-order valence-corrected chi connectivity index (χ4v) is 5.17. The number of nitrogens with one attached hydrogen (secondary N) is 2. The van der Waals surface area contributed by atoms with E-state index in [4.69, 9.17) is 0 Å². The normalized spacial score (nSPS) is 13.1. The van der Waals surface area contributed by atoms with Gasteiger partial charge in [0.05, 0.1) is 22.0 Å². The Hall–Kier alpha value is -2.71. The van der Waals surface area contributed by atoms with Gasteiger partial charge < -0.3 is 10.3 Å². The molecule has 2 aromatic carbocycles. The molecule has 1 aromatic heterocycles. The molecule has 1 heterocycles. The molecule has 8 heteroatoms. The van der Waals surface area contributed by atoms with Crippen molar-refractivity contribution in [3.8, 4) is 0 Å². The van der Waals surface area contributed by atoms with Gasteiger partial charge in [0.2, 0.25) is 15.9 Å². The molecule has 7 nitrogen and oxygen atoms in total. The number of hydrogen-bond acceptors (Lipinski definition) is 4. The first-order chi connectivity index (χ1) is 15.3. The molecule has 0 saturated carbocycles. The largest absolute Gasteiger partial charge is 0.346 e. The average Bonchev–Trinajstić information content (AvgIpc) is 3.20. The number of carbonyl (C=O) groups is 1. The molecule has 0 aliphatic carbocycles. The summed E-state index contributed by atoms with van der Waals surface area (Å²) in [6.45, 7) is 8.61. The van der Waals surface area contributed by atoms with Crippen LogP contribution < -0.4 is 5.32 Å². The molecule has 3 rings (SSSR count). The molecule has 32 heavy (non-hydrogen) atoms. The van der Waals surface area contributed by atoms with Crippen LogP contribution >= 0.6 is 0 Å². The van der Waals surface area contributed by atoms with Gasteiger partial charge in [-0.1, -0.05) is 52.0 Å². The lowest BCUT2D eigenvalue weighted by Gasteiger charge is -2.20. The first-order valence-corrected chi connectivity index (χ1v) is 12.5. The van der Waals surface area contributed by atoms with Gasteiger partial charge in [-0.3, -0.25) is 4.79 Å². The lowest BCUT2D eigenvalue weighted by Crippen LogP contribution is -2.32. The molecule has 0 spiro atoms. The predicted octanol–water partition coefficient (Wildman–Crippen LogP) is 4.04. The summed E-state index contributed by atoms with van der Waals surface area (Å²) in [6.07, 6.45) is 0.841. The van der Waals surface area contributed by atoms with Crippen molar-refractivity contribution in [2.75, 3.05) is 13.1 Å². The number of aromatic amines is 1. The van der Waals surface area contributed by atoms with E-state index in [1.165, 1.54) is 4.31 Å². The maximum absolute atomic E-state index is 12.7. The van der Waals surface area contributed by atoms with Crippen LogP contribution in [0.3, 0.4) is 0 Å². The maximum atomic E-state index is 12.7. The summed E-state index contributed by atoms with van der Waals surface area (Å²) >= 11 is 0. The van der Waals surface area contributed by atoms with Crippen LogP contribution in [-0.4, -0.2) is 41.7 Å². The molecule has 0 saturated heterocycles. The fourth-order valence-electron chi connectivity index (χ4n) is 3.71. The minimum atomic E-state index is -3.47. The van der Waals surface area contributed by atoms with Gasteiger partial charge in [0, 0.05) is 19.5 Å². The number of para-hydroxylation sites is 2. The molecule has 0 fully saturated rings. The minimum absolute atomic E-state index is 0.0657. The van der Waals surface area contributed by atoms with E-state index in [1.807, 2.05) is 52.0 Å². The Morgan fingerprint density at radius 3 is 2.31 bits per heavy atom. The Labute approximate surface area is 190 Å². The monoisotopic (exact) mass is 456 g/mol. The number of hydrogen-bond donors (Lipinski definition) is 2. The molecule has 1 unspecified atom stereocenters. The number of H-pyrrole nitrogens is 1. The van der Waals surface area contributed by atoms with Crippen molar-refractivity contribution in [3.05, 3.63) is 59.9 Å². The predicted molar refractivity (Wildman–Crippen MR) is 127 cm³/mol. The van der Waals surface area contributed by atoms with Gasteiger partial charge >= 0.3 is 0 Å². The number of carbonyl (C=O) groups excluding carboxylic acids is 1. The highest BCUT2D eigenvalue weighted by molar-refractivity contribution is 7.89. The number of rotatable bonds is 10. The van der Waals surface area contributed by atoms with Crippen molar-refractivity contribution < 1.29 is 13.2 Å². The van der Waals surface area contributed by atoms with Crippen LogP contribution in [-0.2, 0) is 21.2 Å². The maximum Gasteiger partial charge on any atom is 0.243 e. The van der Waals surface area contributed by atoms with Crippen molar-refractivity contribution in [3.63, 3.8) is 0 Å². The summed E-state index contributed by atoms with van der Waals surface area (Å²) in [4.78, 5) is 20.9. The van der Waals surface area contributed by atoms with Crippen LogP contribution in [0, 0.1) is 5.92 Å². The molecule has 0 radical (unpaired) electrons. The summed E-state index contributed by atoms with van der Waals surface area (Å²) in [5.74, 6) is 0.855. The molecule has 1 amide bonds. The standard InChI is InChI=1S/C24H32N4O3S/c1-5-28(6-2)32(30,31)19-14-11-18(12-15-19)13-16-22(29)27-23(17(3)4)24-25-20-9-7-8-10-21(20)26-24/h7-12,14-15,17,23H,5-6,13,16H2,1-4H3,(H,25,26)(H,27,29). The Kier molecular flexibility index (Phi) is 7.69. The molecule has 172 valence electrons. The topological polar surface area (TPSA) is 95.2 Å². The zero-order valence-corrected chi connectivity index (χ0v) is 19.9. The minimum Gasteiger partial charge on any atom is -0.346 e. The molecule has 1 atom stereocenters. The SMILES string of the molecule is CCN(CC)S(=O)(=O)c1ccc(CCC(=O)NC(c2nc3ccccc3[nH]2)C(C)C)cc1. The van der Waals surface area contributed by atoms with Gasteiger partial charge in [-0.05, 0) is 42.2 Å². The number of aryl methyl sites for hydroxylation is 1. The van der Waals surface area contributed by atoms with Crippen LogP contribution in [0.4, 0.5) is 0 Å². The highest BCUT2D eigenvalue weighted by atomic mass is 32.2. The number of fused-ring (bicyclic) bond motifs is 1. The third-order valence-corrected chi connectivity index (χ3v) is 7.66. The molecule has 0 aliphatic rings. The van der Waals surface area contributed by atoms with E-state index >= 15 is 0 Å². The Balaban J connectivity index is 1.63. The summed E-state index contributed by atoms with van der Waals surface area (Å²) in [6, 6.07) is 14.4. The highest BCUT2D eigenvalue weighted by Crippen LogP contribution is 2.22. The molecular formula is C24H32N4O3S. The fraction of sp³-hybridized carbons (Fsp3) is 0.417. The summed E-state index contributed by atoms with van der Waals surface area (Å²) in [5.41, 5.74) is 2.74. The van der Waals surface area contributed by atoms with E-state index < -0.39 is 10.0 Å². The van der Waals surface area contributed by atoms with E-state index in [-0.39, 0.29) is 22.8 Å². The Morgan fingerprint density at radius 2 is 1.72 bits per heavy atom. The Morgan fingerprint density at radius 1 is 1.06 bits per heavy atom. The van der Waals surface area contributed by atoms with Crippen molar-refractivity contribution in [2.24, 2.45) is 5.92 Å². The lowest BCUT2D eigenvalue weighted by atomic mass is 10.0. The second-order valence-electron chi connectivity index (χ2n) is 8.16. The van der Waals surface area contributed by atoms with Crippen molar-refractivity contribution in [1.82, 2.24) is 19.6 Å². The number of sulfonamides is 1. The van der Waals surface area contributed by atoms with Gasteiger partial charge in [0.25, 0.3) is 0 Å². The highest BCUT2D eigenvalue weighted by Gasteiger charge is 2.23. The molecule has 2 N–H and O–H groups in total. The van der Waals surface area contributed by atoms with Crippen LogP contribution in [0.15, 0.2) is 53.4 Å². The van der Waals surface area contributed by atoms with Gasteiger partial charge in [-0.2, -0.15) is 4.31 Å². The van der Waals surface area contributed by atoms with E-state index in [0.29, 0.717) is 25.9 Å². The van der Waals surface area contributed by atoms with E-state index in [9.17, 15) is 13.2 Å².